The van der Waals surface area contributed by atoms with Crippen LogP contribution in [0.2, 0.25) is 0 Å². The molecule has 2 atom stereocenters. The average molecular weight is 458 g/mol. The van der Waals surface area contributed by atoms with Crippen molar-refractivity contribution in [3.8, 4) is 6.07 Å². The maximum Gasteiger partial charge on any atom is 0.318 e. The summed E-state index contributed by atoms with van der Waals surface area (Å²) >= 11 is 1.40. The van der Waals surface area contributed by atoms with Crippen molar-refractivity contribution in [1.82, 2.24) is 15.2 Å². The topological polar surface area (TPSA) is 98.1 Å². The molecule has 166 valence electrons. The lowest BCUT2D eigenvalue weighted by Gasteiger charge is -2.27. The second-order valence-corrected chi connectivity index (χ2v) is 9.42. The number of nitrogens with zero attached hydrogens (tertiary/aromatic N) is 3. The number of pyridine rings is 1. The number of urea groups is 1. The van der Waals surface area contributed by atoms with E-state index in [0.717, 1.165) is 22.6 Å². The van der Waals surface area contributed by atoms with Gasteiger partial charge >= 0.3 is 6.03 Å². The maximum absolute atomic E-state index is 12.8. The molecule has 3 heterocycles. The van der Waals surface area contributed by atoms with Crippen LogP contribution in [0.15, 0.2) is 54.7 Å². The van der Waals surface area contributed by atoms with Crippen LogP contribution >= 0.6 is 11.3 Å². The van der Waals surface area contributed by atoms with E-state index in [9.17, 15) is 14.9 Å². The summed E-state index contributed by atoms with van der Waals surface area (Å²) in [4.78, 5) is 32.4. The Balaban J connectivity index is 1.23. The molecule has 3 aromatic rings. The molecule has 1 fully saturated rings. The predicted octanol–water partition coefficient (Wildman–Crippen LogP) is 4.02. The van der Waals surface area contributed by atoms with Crippen molar-refractivity contribution in [1.29, 1.82) is 5.26 Å². The van der Waals surface area contributed by atoms with Gasteiger partial charge in [0.2, 0.25) is 5.91 Å². The van der Waals surface area contributed by atoms with Gasteiger partial charge in [-0.1, -0.05) is 36.4 Å². The van der Waals surface area contributed by atoms with Gasteiger partial charge in [0.15, 0.2) is 0 Å². The van der Waals surface area contributed by atoms with Crippen molar-refractivity contribution in [3.05, 3.63) is 82.0 Å². The van der Waals surface area contributed by atoms with Crippen LogP contribution in [-0.2, 0) is 24.3 Å². The molecule has 3 amide bonds. The molecular formula is C25H23N5O2S. The van der Waals surface area contributed by atoms with Gasteiger partial charge in [0.1, 0.15) is 11.1 Å². The number of nitrogens with one attached hydrogen (secondary N) is 2. The minimum atomic E-state index is -0.160. The van der Waals surface area contributed by atoms with Gasteiger partial charge in [-0.2, -0.15) is 5.26 Å². The van der Waals surface area contributed by atoms with Gasteiger partial charge < -0.3 is 15.5 Å². The quantitative estimate of drug-likeness (QED) is 0.604. The van der Waals surface area contributed by atoms with Gasteiger partial charge in [-0.15, -0.1) is 11.3 Å². The Labute approximate surface area is 196 Å². The number of aromatic nitrogens is 1. The van der Waals surface area contributed by atoms with Crippen LogP contribution in [0.4, 0.5) is 9.80 Å². The lowest BCUT2D eigenvalue weighted by molar-refractivity contribution is -0.117. The highest BCUT2D eigenvalue weighted by Crippen LogP contribution is 2.48. The van der Waals surface area contributed by atoms with Crippen molar-refractivity contribution in [2.24, 2.45) is 5.92 Å². The predicted molar refractivity (Wildman–Crippen MR) is 126 cm³/mol. The molecule has 0 saturated heterocycles. The van der Waals surface area contributed by atoms with Crippen LogP contribution in [0.5, 0.6) is 0 Å². The summed E-state index contributed by atoms with van der Waals surface area (Å²) in [5, 5.41) is 16.3. The van der Waals surface area contributed by atoms with E-state index in [0.29, 0.717) is 36.6 Å². The van der Waals surface area contributed by atoms with Crippen molar-refractivity contribution in [2.75, 3.05) is 11.9 Å². The van der Waals surface area contributed by atoms with Gasteiger partial charge in [0.05, 0.1) is 24.3 Å². The van der Waals surface area contributed by atoms with Crippen LogP contribution in [-0.4, -0.2) is 28.4 Å². The van der Waals surface area contributed by atoms with Gasteiger partial charge in [-0.25, -0.2) is 4.79 Å². The Hall–Kier alpha value is -3.70. The number of carbonyl (C=O) groups excluding carboxylic acids is 2. The Morgan fingerprint density at radius 1 is 1.18 bits per heavy atom. The first-order valence-electron chi connectivity index (χ1n) is 11.0. The third-order valence-electron chi connectivity index (χ3n) is 6.19. The zero-order chi connectivity index (χ0) is 22.8. The zero-order valence-electron chi connectivity index (χ0n) is 18.0. The lowest BCUT2D eigenvalue weighted by Crippen LogP contribution is -2.42. The Morgan fingerprint density at radius 3 is 2.76 bits per heavy atom. The third-order valence-corrected chi connectivity index (χ3v) is 7.33. The van der Waals surface area contributed by atoms with E-state index < -0.39 is 0 Å². The summed E-state index contributed by atoms with van der Waals surface area (Å²) in [7, 11) is 0. The summed E-state index contributed by atoms with van der Waals surface area (Å²) in [6.07, 6.45) is 3.12. The third kappa shape index (κ3) is 4.45. The fourth-order valence-corrected chi connectivity index (χ4v) is 5.54. The van der Waals surface area contributed by atoms with Crippen molar-refractivity contribution in [2.45, 2.75) is 31.8 Å². The van der Waals surface area contributed by atoms with E-state index in [1.807, 2.05) is 36.4 Å². The zero-order valence-corrected chi connectivity index (χ0v) is 18.8. The molecule has 2 unspecified atom stereocenters. The minimum Gasteiger partial charge on any atom is -0.332 e. The van der Waals surface area contributed by atoms with Crippen LogP contribution in [0, 0.1) is 17.2 Å². The standard InChI is InChI=1S/C25H23N5O2S/c26-13-21-18-9-11-30(25(32)28-14-17-8-4-5-10-27-17)15-22(18)33-24(21)29-23(31)20-12-19(20)16-6-2-1-3-7-16/h1-8,10,19-20H,9,11-12,14-15H2,(H,28,32)(H,29,31). The highest BCUT2D eigenvalue weighted by Gasteiger charge is 2.44. The molecule has 0 radical (unpaired) electrons. The van der Waals surface area contributed by atoms with Gasteiger partial charge in [-0.3, -0.25) is 9.78 Å². The fraction of sp³-hybridized carbons (Fsp3) is 0.280. The molecule has 8 heteroatoms. The Bertz CT molecular complexity index is 1220. The summed E-state index contributed by atoms with van der Waals surface area (Å²) in [5.41, 5.74) is 3.46. The van der Waals surface area contributed by atoms with E-state index in [1.165, 1.54) is 16.9 Å². The molecule has 0 bridgehead atoms. The second-order valence-electron chi connectivity index (χ2n) is 8.32. The molecule has 2 aliphatic rings. The number of amides is 3. The smallest absolute Gasteiger partial charge is 0.318 e. The molecular weight excluding hydrogens is 434 g/mol. The highest BCUT2D eigenvalue weighted by molar-refractivity contribution is 7.16. The average Bonchev–Trinajstić information content (AvgIpc) is 3.59. The van der Waals surface area contributed by atoms with E-state index in [1.54, 1.807) is 11.1 Å². The largest absolute Gasteiger partial charge is 0.332 e. The molecule has 2 N–H and O–H groups in total. The summed E-state index contributed by atoms with van der Waals surface area (Å²) in [6, 6.07) is 17.7. The lowest BCUT2D eigenvalue weighted by atomic mass is 10.0. The summed E-state index contributed by atoms with van der Waals surface area (Å²) in [6.45, 7) is 1.31. The number of rotatable bonds is 5. The number of fused-ring (bicyclic) bond motifs is 1. The summed E-state index contributed by atoms with van der Waals surface area (Å²) in [5.74, 6) is 0.139. The first-order chi connectivity index (χ1) is 16.1. The fourth-order valence-electron chi connectivity index (χ4n) is 4.32. The number of hydrogen-bond donors (Lipinski definition) is 2. The SMILES string of the molecule is N#Cc1c(NC(=O)C2CC2c2ccccc2)sc2c1CCN(C(=O)NCc1ccccn1)C2. The van der Waals surface area contributed by atoms with Crippen molar-refractivity contribution >= 4 is 28.3 Å². The van der Waals surface area contributed by atoms with Gasteiger partial charge in [-0.05, 0) is 42.0 Å². The maximum atomic E-state index is 12.8. The molecule has 1 aliphatic carbocycles. The summed E-state index contributed by atoms with van der Waals surface area (Å²) < 4.78 is 0. The van der Waals surface area contributed by atoms with Gasteiger partial charge in [0, 0.05) is 23.5 Å². The molecule has 33 heavy (non-hydrogen) atoms. The molecule has 0 spiro atoms. The highest BCUT2D eigenvalue weighted by atomic mass is 32.1. The van der Waals surface area contributed by atoms with Crippen molar-refractivity contribution < 1.29 is 9.59 Å². The van der Waals surface area contributed by atoms with Crippen LogP contribution in [0.1, 0.15) is 39.6 Å². The first-order valence-corrected chi connectivity index (χ1v) is 11.8. The van der Waals surface area contributed by atoms with Crippen molar-refractivity contribution in [3.63, 3.8) is 0 Å². The number of benzene rings is 1. The monoisotopic (exact) mass is 457 g/mol. The van der Waals surface area contributed by atoms with Crippen LogP contribution in [0.3, 0.4) is 0 Å². The Kier molecular flexibility index (Phi) is 5.80. The number of thiophene rings is 1. The molecule has 7 nitrogen and oxygen atoms in total. The number of anilines is 1. The normalized spacial score (nSPS) is 18.7. The second kappa shape index (κ2) is 9.04. The minimum absolute atomic E-state index is 0.0380. The van der Waals surface area contributed by atoms with Crippen LogP contribution in [0.25, 0.3) is 0 Å². The van der Waals surface area contributed by atoms with E-state index >= 15 is 0 Å². The van der Waals surface area contributed by atoms with Crippen LogP contribution < -0.4 is 10.6 Å². The number of hydrogen-bond acceptors (Lipinski definition) is 5. The molecule has 2 aromatic heterocycles. The number of carbonyl (C=O) groups is 2. The van der Waals surface area contributed by atoms with E-state index in [-0.39, 0.29) is 23.8 Å². The Morgan fingerprint density at radius 2 is 2.00 bits per heavy atom. The molecule has 1 saturated carbocycles. The molecule has 5 rings (SSSR count). The van der Waals surface area contributed by atoms with E-state index in [4.69, 9.17) is 0 Å². The molecule has 1 aliphatic heterocycles. The number of nitriles is 1. The molecule has 1 aromatic carbocycles. The first kappa shape index (κ1) is 21.2. The van der Waals surface area contributed by atoms with Gasteiger partial charge in [0.25, 0.3) is 0 Å². The van der Waals surface area contributed by atoms with E-state index in [2.05, 4.69) is 33.8 Å².